The van der Waals surface area contributed by atoms with E-state index < -0.39 is 32.7 Å². The lowest BCUT2D eigenvalue weighted by molar-refractivity contribution is -0.139. The first kappa shape index (κ1) is 21.5. The van der Waals surface area contributed by atoms with Crippen molar-refractivity contribution >= 4 is 21.7 Å². The molecule has 0 saturated heterocycles. The number of hydrogen-bond donors (Lipinski definition) is 2. The Hall–Kier alpha value is -2.81. The zero-order valence-electron chi connectivity index (χ0n) is 15.4. The molecule has 1 aromatic heterocycles. The van der Waals surface area contributed by atoms with Crippen LogP contribution in [0.3, 0.4) is 0 Å². The predicted octanol–water partition coefficient (Wildman–Crippen LogP) is 1.77. The molecule has 150 valence electrons. The average molecular weight is 407 g/mol. The Kier molecular flexibility index (Phi) is 7.62. The SMILES string of the molecule is CCCCNC(=O)C(=O)NC[C@@H](c1cccnc1)S(=O)(=O)c1ccc(F)cc1. The van der Waals surface area contributed by atoms with Crippen LogP contribution in [0.25, 0.3) is 0 Å². The number of halogens is 1. The van der Waals surface area contributed by atoms with Crippen molar-refractivity contribution in [3.8, 4) is 0 Å². The Labute approximate surface area is 163 Å². The summed E-state index contributed by atoms with van der Waals surface area (Å²) in [6, 6.07) is 7.55. The van der Waals surface area contributed by atoms with Gasteiger partial charge >= 0.3 is 11.8 Å². The first-order valence-electron chi connectivity index (χ1n) is 8.81. The maximum absolute atomic E-state index is 13.2. The lowest BCUT2D eigenvalue weighted by atomic mass is 10.2. The predicted molar refractivity (Wildman–Crippen MR) is 101 cm³/mol. The minimum absolute atomic E-state index is 0.0931. The van der Waals surface area contributed by atoms with Crippen LogP contribution in [0.2, 0.25) is 0 Å². The van der Waals surface area contributed by atoms with Crippen LogP contribution in [0.15, 0.2) is 53.7 Å². The van der Waals surface area contributed by atoms with Crippen LogP contribution in [0.4, 0.5) is 4.39 Å². The molecule has 1 atom stereocenters. The summed E-state index contributed by atoms with van der Waals surface area (Å²) in [4.78, 5) is 27.6. The second kappa shape index (κ2) is 9.93. The fourth-order valence-corrected chi connectivity index (χ4v) is 4.13. The van der Waals surface area contributed by atoms with E-state index in [9.17, 15) is 22.4 Å². The highest BCUT2D eigenvalue weighted by atomic mass is 32.2. The molecule has 2 rings (SSSR count). The van der Waals surface area contributed by atoms with Gasteiger partial charge in [0.2, 0.25) is 0 Å². The van der Waals surface area contributed by atoms with Crippen LogP contribution in [-0.2, 0) is 19.4 Å². The summed E-state index contributed by atoms with van der Waals surface area (Å²) < 4.78 is 39.2. The summed E-state index contributed by atoms with van der Waals surface area (Å²) in [6.45, 7) is 1.99. The first-order chi connectivity index (χ1) is 13.4. The molecule has 2 aromatic rings. The number of nitrogens with zero attached hydrogens (tertiary/aromatic N) is 1. The summed E-state index contributed by atoms with van der Waals surface area (Å²) in [6.07, 6.45) is 4.46. The zero-order chi connectivity index (χ0) is 20.6. The Bertz CT molecular complexity index is 903. The molecule has 1 heterocycles. The Balaban J connectivity index is 2.20. The molecule has 28 heavy (non-hydrogen) atoms. The highest BCUT2D eigenvalue weighted by Crippen LogP contribution is 2.28. The second-order valence-electron chi connectivity index (χ2n) is 6.09. The fraction of sp³-hybridized carbons (Fsp3) is 0.316. The topological polar surface area (TPSA) is 105 Å². The van der Waals surface area contributed by atoms with Crippen LogP contribution in [0, 0.1) is 5.82 Å². The molecular weight excluding hydrogens is 385 g/mol. The van der Waals surface area contributed by atoms with Crippen LogP contribution in [0.1, 0.15) is 30.6 Å². The van der Waals surface area contributed by atoms with E-state index in [0.29, 0.717) is 12.1 Å². The minimum Gasteiger partial charge on any atom is -0.348 e. The van der Waals surface area contributed by atoms with Gasteiger partial charge in [0.25, 0.3) is 0 Å². The van der Waals surface area contributed by atoms with Gasteiger partial charge in [0.15, 0.2) is 9.84 Å². The number of amides is 2. The highest BCUT2D eigenvalue weighted by Gasteiger charge is 2.30. The van der Waals surface area contributed by atoms with Gasteiger partial charge in [-0.1, -0.05) is 19.4 Å². The number of benzene rings is 1. The monoisotopic (exact) mass is 407 g/mol. The summed E-state index contributed by atoms with van der Waals surface area (Å²) in [5, 5.41) is 3.65. The van der Waals surface area contributed by atoms with E-state index in [4.69, 9.17) is 0 Å². The van der Waals surface area contributed by atoms with Crippen molar-refractivity contribution in [3.63, 3.8) is 0 Å². The highest BCUT2D eigenvalue weighted by molar-refractivity contribution is 7.91. The molecule has 1 aromatic carbocycles. The lowest BCUT2D eigenvalue weighted by Gasteiger charge is -2.18. The number of nitrogens with one attached hydrogen (secondary N) is 2. The third-order valence-electron chi connectivity index (χ3n) is 4.04. The van der Waals surface area contributed by atoms with E-state index in [1.807, 2.05) is 6.92 Å². The molecule has 0 bridgehead atoms. The molecule has 0 spiro atoms. The van der Waals surface area contributed by atoms with Gasteiger partial charge in [-0.25, -0.2) is 12.8 Å². The van der Waals surface area contributed by atoms with Gasteiger partial charge in [-0.2, -0.15) is 0 Å². The van der Waals surface area contributed by atoms with Crippen molar-refractivity contribution in [1.82, 2.24) is 15.6 Å². The average Bonchev–Trinajstić information content (AvgIpc) is 2.69. The molecule has 0 radical (unpaired) electrons. The van der Waals surface area contributed by atoms with E-state index in [1.165, 1.54) is 12.4 Å². The van der Waals surface area contributed by atoms with Crippen molar-refractivity contribution < 1.29 is 22.4 Å². The van der Waals surface area contributed by atoms with Crippen molar-refractivity contribution in [1.29, 1.82) is 0 Å². The van der Waals surface area contributed by atoms with E-state index in [1.54, 1.807) is 12.1 Å². The van der Waals surface area contributed by atoms with Crippen molar-refractivity contribution in [2.24, 2.45) is 0 Å². The van der Waals surface area contributed by atoms with Crippen LogP contribution >= 0.6 is 0 Å². The third kappa shape index (κ3) is 5.59. The molecule has 0 saturated carbocycles. The quantitative estimate of drug-likeness (QED) is 0.394. The number of carbonyl (C=O) groups is 2. The Morgan fingerprint density at radius 1 is 1.11 bits per heavy atom. The molecular formula is C19H22FN3O4S. The van der Waals surface area contributed by atoms with Gasteiger partial charge in [-0.05, 0) is 42.3 Å². The maximum Gasteiger partial charge on any atom is 0.309 e. The minimum atomic E-state index is -3.97. The van der Waals surface area contributed by atoms with Gasteiger partial charge < -0.3 is 10.6 Å². The molecule has 0 aliphatic carbocycles. The van der Waals surface area contributed by atoms with Gasteiger partial charge in [-0.3, -0.25) is 14.6 Å². The molecule has 9 heteroatoms. The summed E-state index contributed by atoms with van der Waals surface area (Å²) in [7, 11) is -3.97. The molecule has 0 unspecified atom stereocenters. The van der Waals surface area contributed by atoms with E-state index in [-0.39, 0.29) is 11.4 Å². The van der Waals surface area contributed by atoms with Gasteiger partial charge in [-0.15, -0.1) is 0 Å². The van der Waals surface area contributed by atoms with E-state index >= 15 is 0 Å². The van der Waals surface area contributed by atoms with Crippen molar-refractivity contribution in [2.45, 2.75) is 29.9 Å². The molecule has 0 aliphatic rings. The molecule has 2 N–H and O–H groups in total. The molecule has 0 aliphatic heterocycles. The van der Waals surface area contributed by atoms with E-state index in [2.05, 4.69) is 15.6 Å². The summed E-state index contributed by atoms with van der Waals surface area (Å²) >= 11 is 0. The Morgan fingerprint density at radius 3 is 2.39 bits per heavy atom. The number of carbonyl (C=O) groups excluding carboxylic acids is 2. The number of sulfone groups is 1. The zero-order valence-corrected chi connectivity index (χ0v) is 16.2. The first-order valence-corrected chi connectivity index (χ1v) is 10.4. The number of pyridine rings is 1. The summed E-state index contributed by atoms with van der Waals surface area (Å²) in [5.41, 5.74) is 0.346. The standard InChI is InChI=1S/C19H22FN3O4S/c1-2-3-11-22-18(24)19(25)23-13-17(14-5-4-10-21-12-14)28(26,27)16-8-6-15(20)7-9-16/h4-10,12,17H,2-3,11,13H2,1H3,(H,22,24)(H,23,25)/t17-/m0/s1. The second-order valence-corrected chi connectivity index (χ2v) is 8.22. The molecule has 7 nitrogen and oxygen atoms in total. The van der Waals surface area contributed by atoms with Crippen LogP contribution < -0.4 is 10.6 Å². The maximum atomic E-state index is 13.2. The van der Waals surface area contributed by atoms with Crippen molar-refractivity contribution in [3.05, 3.63) is 60.2 Å². The number of unbranched alkanes of at least 4 members (excludes halogenated alkanes) is 1. The fourth-order valence-electron chi connectivity index (χ4n) is 2.49. The van der Waals surface area contributed by atoms with Gasteiger partial charge in [0.05, 0.1) is 4.90 Å². The van der Waals surface area contributed by atoms with Crippen LogP contribution in [0.5, 0.6) is 0 Å². The smallest absolute Gasteiger partial charge is 0.309 e. The number of hydrogen-bond acceptors (Lipinski definition) is 5. The van der Waals surface area contributed by atoms with E-state index in [0.717, 1.165) is 37.1 Å². The van der Waals surface area contributed by atoms with Gasteiger partial charge in [0, 0.05) is 25.5 Å². The third-order valence-corrected chi connectivity index (χ3v) is 6.16. The number of rotatable bonds is 8. The molecule has 2 amide bonds. The number of aromatic nitrogens is 1. The molecule has 0 fully saturated rings. The normalized spacial score (nSPS) is 12.2. The lowest BCUT2D eigenvalue weighted by Crippen LogP contribution is -2.42. The Morgan fingerprint density at radius 2 is 1.79 bits per heavy atom. The van der Waals surface area contributed by atoms with Crippen LogP contribution in [-0.4, -0.2) is 38.3 Å². The van der Waals surface area contributed by atoms with Crippen molar-refractivity contribution in [2.75, 3.05) is 13.1 Å². The largest absolute Gasteiger partial charge is 0.348 e. The summed E-state index contributed by atoms with van der Waals surface area (Å²) in [5.74, 6) is -2.30. The van der Waals surface area contributed by atoms with Gasteiger partial charge in [0.1, 0.15) is 11.1 Å².